The fraction of sp³-hybridized carbons (Fsp3) is 0.231. The number of nitro groups is 1. The molecule has 0 radical (unpaired) electrons. The molecular formula is C13H14N2O6. The minimum Gasteiger partial charge on any atom is -0.480 e. The third kappa shape index (κ3) is 6.83. The Bertz CT molecular complexity index is 555. The van der Waals surface area contributed by atoms with Crippen molar-refractivity contribution in [3.8, 4) is 0 Å². The fourth-order valence-corrected chi connectivity index (χ4v) is 1.38. The zero-order valence-electron chi connectivity index (χ0n) is 11.0. The van der Waals surface area contributed by atoms with Gasteiger partial charge < -0.3 is 15.2 Å². The summed E-state index contributed by atoms with van der Waals surface area (Å²) in [5.74, 6) is -1.48. The van der Waals surface area contributed by atoms with Gasteiger partial charge in [0, 0.05) is 24.8 Å². The summed E-state index contributed by atoms with van der Waals surface area (Å²) in [6, 6.07) is 5.86. The Morgan fingerprint density at radius 3 is 2.86 bits per heavy atom. The lowest BCUT2D eigenvalue weighted by atomic mass is 10.2. The molecule has 0 saturated heterocycles. The average Bonchev–Trinajstić information content (AvgIpc) is 2.44. The zero-order chi connectivity index (χ0) is 15.7. The number of carbonyl (C=O) groups excluding carboxylic acids is 1. The van der Waals surface area contributed by atoms with Crippen LogP contribution in [0.4, 0.5) is 5.69 Å². The number of hydrogen-bond acceptors (Lipinski definition) is 5. The van der Waals surface area contributed by atoms with Crippen molar-refractivity contribution in [3.05, 3.63) is 46.0 Å². The summed E-state index contributed by atoms with van der Waals surface area (Å²) < 4.78 is 4.74. The van der Waals surface area contributed by atoms with Gasteiger partial charge in [-0.2, -0.15) is 0 Å². The van der Waals surface area contributed by atoms with E-state index in [2.05, 4.69) is 5.32 Å². The van der Waals surface area contributed by atoms with Gasteiger partial charge >= 0.3 is 5.97 Å². The topological polar surface area (TPSA) is 119 Å². The van der Waals surface area contributed by atoms with E-state index in [0.29, 0.717) is 5.56 Å². The van der Waals surface area contributed by atoms with Crippen molar-refractivity contribution in [2.45, 2.75) is 0 Å². The Morgan fingerprint density at radius 1 is 1.43 bits per heavy atom. The third-order valence-corrected chi connectivity index (χ3v) is 2.28. The van der Waals surface area contributed by atoms with Crippen molar-refractivity contribution in [2.24, 2.45) is 0 Å². The van der Waals surface area contributed by atoms with E-state index in [1.165, 1.54) is 30.4 Å². The van der Waals surface area contributed by atoms with Gasteiger partial charge in [-0.15, -0.1) is 0 Å². The predicted molar refractivity (Wildman–Crippen MR) is 73.6 cm³/mol. The molecular weight excluding hydrogens is 280 g/mol. The molecule has 1 aromatic rings. The maximum Gasteiger partial charge on any atom is 0.329 e. The first kappa shape index (κ1) is 16.3. The summed E-state index contributed by atoms with van der Waals surface area (Å²) in [5, 5.41) is 21.4. The van der Waals surface area contributed by atoms with Gasteiger partial charge in [-0.3, -0.25) is 14.9 Å². The molecule has 112 valence electrons. The van der Waals surface area contributed by atoms with Crippen molar-refractivity contribution in [3.63, 3.8) is 0 Å². The molecule has 0 saturated carbocycles. The zero-order valence-corrected chi connectivity index (χ0v) is 11.0. The van der Waals surface area contributed by atoms with E-state index in [4.69, 9.17) is 9.84 Å². The van der Waals surface area contributed by atoms with Crippen molar-refractivity contribution >= 4 is 23.6 Å². The molecule has 0 atom stereocenters. The van der Waals surface area contributed by atoms with Gasteiger partial charge in [0.1, 0.15) is 6.61 Å². The minimum absolute atomic E-state index is 0.0559. The van der Waals surface area contributed by atoms with Crippen molar-refractivity contribution in [1.82, 2.24) is 5.32 Å². The van der Waals surface area contributed by atoms with Crippen LogP contribution in [0.1, 0.15) is 5.56 Å². The summed E-state index contributed by atoms with van der Waals surface area (Å²) in [5.41, 5.74) is 0.473. The summed E-state index contributed by atoms with van der Waals surface area (Å²) >= 11 is 0. The molecule has 0 aliphatic heterocycles. The lowest BCUT2D eigenvalue weighted by Crippen LogP contribution is -2.26. The van der Waals surface area contributed by atoms with Crippen LogP contribution in [0.5, 0.6) is 0 Å². The molecule has 8 heteroatoms. The minimum atomic E-state index is -1.08. The second kappa shape index (κ2) is 8.43. The Morgan fingerprint density at radius 2 is 2.19 bits per heavy atom. The van der Waals surface area contributed by atoms with E-state index in [1.807, 2.05) is 0 Å². The number of ether oxygens (including phenoxy) is 1. The number of non-ortho nitro benzene ring substituents is 1. The Labute approximate surface area is 120 Å². The molecule has 2 N–H and O–H groups in total. The summed E-state index contributed by atoms with van der Waals surface area (Å²) in [6.07, 6.45) is 2.68. The van der Waals surface area contributed by atoms with E-state index in [1.54, 1.807) is 6.07 Å². The normalized spacial score (nSPS) is 10.5. The monoisotopic (exact) mass is 294 g/mol. The van der Waals surface area contributed by atoms with Crippen LogP contribution in [0.25, 0.3) is 6.08 Å². The highest BCUT2D eigenvalue weighted by Gasteiger charge is 2.04. The van der Waals surface area contributed by atoms with Crippen LogP contribution in [0.15, 0.2) is 30.3 Å². The standard InChI is InChI=1S/C13H14N2O6/c16-12(14-6-7-21-9-13(17)18)5-4-10-2-1-3-11(8-10)15(19)20/h1-5,8H,6-7,9H2,(H,14,16)(H,17,18). The quantitative estimate of drug-likeness (QED) is 0.317. The molecule has 0 fully saturated rings. The highest BCUT2D eigenvalue weighted by Crippen LogP contribution is 2.13. The predicted octanol–water partition coefficient (Wildman–Crippen LogP) is 0.825. The number of carboxylic acids is 1. The summed E-state index contributed by atoms with van der Waals surface area (Å²) in [7, 11) is 0. The number of nitrogens with one attached hydrogen (secondary N) is 1. The van der Waals surface area contributed by atoms with Gasteiger partial charge in [0.25, 0.3) is 5.69 Å². The highest BCUT2D eigenvalue weighted by molar-refractivity contribution is 5.91. The Kier molecular flexibility index (Phi) is 6.55. The van der Waals surface area contributed by atoms with Crippen LogP contribution in [-0.2, 0) is 14.3 Å². The maximum atomic E-state index is 11.4. The Hall–Kier alpha value is -2.74. The van der Waals surface area contributed by atoms with Crippen LogP contribution < -0.4 is 5.32 Å². The van der Waals surface area contributed by atoms with Gasteiger partial charge in [0.15, 0.2) is 0 Å². The first-order valence-electron chi connectivity index (χ1n) is 5.99. The van der Waals surface area contributed by atoms with Crippen molar-refractivity contribution in [1.29, 1.82) is 0 Å². The SMILES string of the molecule is O=C(O)COCCNC(=O)C=Cc1cccc([N+](=O)[O-])c1. The third-order valence-electron chi connectivity index (χ3n) is 2.28. The molecule has 1 rings (SSSR count). The van der Waals surface area contributed by atoms with Crippen molar-refractivity contribution in [2.75, 3.05) is 19.8 Å². The number of aliphatic carboxylic acids is 1. The molecule has 0 unspecified atom stereocenters. The van der Waals surface area contributed by atoms with E-state index in [0.717, 1.165) is 0 Å². The molecule has 0 aliphatic rings. The molecule has 0 spiro atoms. The van der Waals surface area contributed by atoms with E-state index in [9.17, 15) is 19.7 Å². The van der Waals surface area contributed by atoms with Gasteiger partial charge in [0.05, 0.1) is 11.5 Å². The van der Waals surface area contributed by atoms with Gasteiger partial charge in [-0.25, -0.2) is 4.79 Å². The number of nitrogens with zero attached hydrogens (tertiary/aromatic N) is 1. The second-order valence-electron chi connectivity index (χ2n) is 3.92. The maximum absolute atomic E-state index is 11.4. The molecule has 0 aromatic heterocycles. The fourth-order valence-electron chi connectivity index (χ4n) is 1.38. The highest BCUT2D eigenvalue weighted by atomic mass is 16.6. The molecule has 0 bridgehead atoms. The van der Waals surface area contributed by atoms with Crippen LogP contribution in [0, 0.1) is 10.1 Å². The largest absolute Gasteiger partial charge is 0.480 e. The number of benzene rings is 1. The van der Waals surface area contributed by atoms with Gasteiger partial charge in [-0.1, -0.05) is 12.1 Å². The van der Waals surface area contributed by atoms with E-state index < -0.39 is 23.4 Å². The lowest BCUT2D eigenvalue weighted by Gasteiger charge is -2.02. The van der Waals surface area contributed by atoms with Crippen LogP contribution in [0.2, 0.25) is 0 Å². The number of nitro benzene ring substituents is 1. The van der Waals surface area contributed by atoms with E-state index in [-0.39, 0.29) is 18.8 Å². The smallest absolute Gasteiger partial charge is 0.329 e. The van der Waals surface area contributed by atoms with E-state index >= 15 is 0 Å². The molecule has 0 heterocycles. The first-order chi connectivity index (χ1) is 9.99. The van der Waals surface area contributed by atoms with Crippen molar-refractivity contribution < 1.29 is 24.4 Å². The first-order valence-corrected chi connectivity index (χ1v) is 5.99. The number of amides is 1. The second-order valence-corrected chi connectivity index (χ2v) is 3.92. The number of hydrogen-bond donors (Lipinski definition) is 2. The lowest BCUT2D eigenvalue weighted by molar-refractivity contribution is -0.384. The number of carbonyl (C=O) groups is 2. The number of rotatable bonds is 8. The van der Waals surface area contributed by atoms with Crippen LogP contribution in [-0.4, -0.2) is 41.7 Å². The molecule has 21 heavy (non-hydrogen) atoms. The molecule has 8 nitrogen and oxygen atoms in total. The molecule has 1 amide bonds. The van der Waals surface area contributed by atoms with Gasteiger partial charge in [0.2, 0.25) is 5.91 Å². The number of carboxylic acid groups (broad SMARTS) is 1. The van der Waals surface area contributed by atoms with Gasteiger partial charge in [-0.05, 0) is 11.6 Å². The summed E-state index contributed by atoms with van der Waals surface area (Å²) in [4.78, 5) is 31.7. The van der Waals surface area contributed by atoms with Crippen LogP contribution >= 0.6 is 0 Å². The molecule has 1 aromatic carbocycles. The molecule has 0 aliphatic carbocycles. The average molecular weight is 294 g/mol. The Balaban J connectivity index is 2.38. The van der Waals surface area contributed by atoms with Crippen LogP contribution in [0.3, 0.4) is 0 Å². The summed E-state index contributed by atoms with van der Waals surface area (Å²) in [6.45, 7) is -0.159.